The van der Waals surface area contributed by atoms with E-state index >= 15 is 0 Å². The molecular formula is C24H25Cl5N2O4. The molecule has 35 heavy (non-hydrogen) atoms. The highest BCUT2D eigenvalue weighted by Gasteiger charge is 2.20. The molecule has 0 heterocycles. The third-order valence-corrected chi connectivity index (χ3v) is 7.33. The Morgan fingerprint density at radius 3 is 1.86 bits per heavy atom. The number of carbonyl (C=O) groups is 1. The van der Waals surface area contributed by atoms with Crippen LogP contribution in [0.15, 0.2) is 18.2 Å². The van der Waals surface area contributed by atoms with Crippen LogP contribution in [0.3, 0.4) is 0 Å². The van der Waals surface area contributed by atoms with Gasteiger partial charge in [0.1, 0.15) is 10.0 Å². The van der Waals surface area contributed by atoms with Gasteiger partial charge in [-0.15, -0.1) is 0 Å². The van der Waals surface area contributed by atoms with Crippen molar-refractivity contribution in [3.63, 3.8) is 0 Å². The van der Waals surface area contributed by atoms with E-state index in [0.717, 1.165) is 51.2 Å². The lowest BCUT2D eigenvalue weighted by molar-refractivity contribution is 0.00234. The van der Waals surface area contributed by atoms with Gasteiger partial charge in [0.05, 0.1) is 35.4 Å². The van der Waals surface area contributed by atoms with Crippen LogP contribution < -0.4 is 14.2 Å². The number of ether oxygens (including phenoxy) is 3. The quantitative estimate of drug-likeness (QED) is 0.0400. The summed E-state index contributed by atoms with van der Waals surface area (Å²) in [7, 11) is 1.50. The van der Waals surface area contributed by atoms with Gasteiger partial charge in [-0.2, -0.15) is 4.79 Å². The molecule has 6 nitrogen and oxygen atoms in total. The maximum Gasteiger partial charge on any atom is 0.328 e. The normalized spacial score (nSPS) is 10.6. The van der Waals surface area contributed by atoms with Crippen LogP contribution >= 0.6 is 58.0 Å². The molecule has 0 saturated carbocycles. The lowest BCUT2D eigenvalue weighted by Crippen LogP contribution is -2.04. The molecule has 0 fully saturated rings. The Hall–Kier alpha value is -1.66. The van der Waals surface area contributed by atoms with Crippen LogP contribution in [-0.4, -0.2) is 37.1 Å². The van der Waals surface area contributed by atoms with Crippen LogP contribution in [-0.2, 0) is 0 Å². The Bertz CT molecular complexity index is 1050. The molecule has 0 unspecified atom stereocenters. The summed E-state index contributed by atoms with van der Waals surface area (Å²) in [5.74, 6) is 0.850. The molecule has 2 aromatic rings. The Kier molecular flexibility index (Phi) is 13.1. The van der Waals surface area contributed by atoms with E-state index in [0.29, 0.717) is 30.3 Å². The van der Waals surface area contributed by atoms with Gasteiger partial charge in [-0.3, -0.25) is 4.79 Å². The number of carbonyl (C=O) groups excluding carboxylic acids is 1. The molecule has 0 aliphatic heterocycles. The minimum absolute atomic E-state index is 0.110. The van der Waals surface area contributed by atoms with Crippen molar-refractivity contribution in [3.8, 4) is 17.2 Å². The molecule has 0 aromatic heterocycles. The fourth-order valence-electron chi connectivity index (χ4n) is 3.22. The molecule has 2 aromatic carbocycles. The van der Waals surface area contributed by atoms with E-state index in [9.17, 15) is 4.79 Å². The number of ketones is 1. The molecule has 190 valence electrons. The molecule has 0 bridgehead atoms. The predicted molar refractivity (Wildman–Crippen MR) is 142 cm³/mol. The molecule has 11 heteroatoms. The van der Waals surface area contributed by atoms with E-state index in [2.05, 4.69) is 4.79 Å². The van der Waals surface area contributed by atoms with Crippen LogP contribution in [0.2, 0.25) is 25.1 Å². The van der Waals surface area contributed by atoms with E-state index in [1.54, 1.807) is 18.2 Å². The number of benzene rings is 2. The summed E-state index contributed by atoms with van der Waals surface area (Å²) >= 11 is 30.4. The van der Waals surface area contributed by atoms with Crippen molar-refractivity contribution in [2.45, 2.75) is 44.9 Å². The van der Waals surface area contributed by atoms with Gasteiger partial charge >= 0.3 is 6.21 Å². The first-order valence-electron chi connectivity index (χ1n) is 11.0. The van der Waals surface area contributed by atoms with Crippen molar-refractivity contribution in [1.29, 1.82) is 0 Å². The van der Waals surface area contributed by atoms with Gasteiger partial charge in [-0.1, -0.05) is 90.1 Å². The third-order valence-electron chi connectivity index (χ3n) is 5.09. The lowest BCUT2D eigenvalue weighted by Gasteiger charge is -2.13. The molecule has 0 aliphatic carbocycles. The van der Waals surface area contributed by atoms with Gasteiger partial charge in [-0.25, -0.2) is 0 Å². The molecule has 0 amide bonds. The molecule has 0 atom stereocenters. The highest BCUT2D eigenvalue weighted by Crippen LogP contribution is 2.48. The molecular weight excluding hydrogens is 558 g/mol. The number of rotatable bonds is 15. The molecule has 0 aliphatic rings. The first kappa shape index (κ1) is 29.6. The summed E-state index contributed by atoms with van der Waals surface area (Å²) in [6, 6.07) is 4.83. The van der Waals surface area contributed by atoms with E-state index < -0.39 is 5.78 Å². The summed E-state index contributed by atoms with van der Waals surface area (Å²) in [5, 5.41) is 0.679. The van der Waals surface area contributed by atoms with Crippen LogP contribution in [0.4, 0.5) is 0 Å². The minimum Gasteiger partial charge on any atom is -0.493 e. The van der Waals surface area contributed by atoms with Crippen molar-refractivity contribution < 1.29 is 23.8 Å². The number of methoxy groups -OCH3 is 1. The predicted octanol–water partition coefficient (Wildman–Crippen LogP) is 8.63. The van der Waals surface area contributed by atoms with E-state index in [1.807, 2.05) is 0 Å². The minimum atomic E-state index is -0.421. The van der Waals surface area contributed by atoms with Crippen molar-refractivity contribution in [2.75, 3.05) is 20.3 Å². The fourth-order valence-corrected chi connectivity index (χ4v) is 4.45. The number of unbranched alkanes of at least 4 members (excludes halogenated alkanes) is 6. The lowest BCUT2D eigenvalue weighted by atomic mass is 10.1. The van der Waals surface area contributed by atoms with Gasteiger partial charge in [0.2, 0.25) is 0 Å². The maximum absolute atomic E-state index is 11.8. The van der Waals surface area contributed by atoms with Crippen molar-refractivity contribution >= 4 is 70.0 Å². The molecule has 0 saturated heterocycles. The highest BCUT2D eigenvalue weighted by atomic mass is 35.5. The first-order chi connectivity index (χ1) is 16.8. The summed E-state index contributed by atoms with van der Waals surface area (Å²) < 4.78 is 16.8. The monoisotopic (exact) mass is 580 g/mol. The Morgan fingerprint density at radius 1 is 0.800 bits per heavy atom. The fraction of sp³-hybridized carbons (Fsp3) is 0.417. The van der Waals surface area contributed by atoms with Crippen LogP contribution in [0.5, 0.6) is 17.2 Å². The van der Waals surface area contributed by atoms with E-state index in [1.165, 1.54) is 7.11 Å². The second-order valence-electron chi connectivity index (χ2n) is 7.55. The molecule has 2 rings (SSSR count). The standard InChI is InChI=1S/C24H25Cl5N2O4/c1-33-18-13-15(16(32)14-31-30)9-10-17(18)34-11-7-5-3-2-4-6-8-12-35-24-22(28)20(26)19(25)21(27)23(24)29/h9-10,13-14H,2-8,11-12H2,1H3. The third kappa shape index (κ3) is 8.75. The van der Waals surface area contributed by atoms with E-state index in [-0.39, 0.29) is 30.9 Å². The van der Waals surface area contributed by atoms with Crippen LogP contribution in [0.1, 0.15) is 55.3 Å². The SMILES string of the molecule is COc1cc(C(=O)C=[N+]=[N-])ccc1OCCCCCCCCCOc1c(Cl)c(Cl)c(Cl)c(Cl)c1Cl. The topological polar surface area (TPSA) is 81.2 Å². The molecule has 0 radical (unpaired) electrons. The molecule has 0 N–H and O–H groups in total. The summed E-state index contributed by atoms with van der Waals surface area (Å²) in [6.45, 7) is 0.990. The zero-order chi connectivity index (χ0) is 25.8. The van der Waals surface area contributed by atoms with Crippen molar-refractivity contribution in [1.82, 2.24) is 0 Å². The Morgan fingerprint density at radius 2 is 1.31 bits per heavy atom. The van der Waals surface area contributed by atoms with Gasteiger partial charge in [0.15, 0.2) is 17.2 Å². The van der Waals surface area contributed by atoms with Gasteiger partial charge in [0, 0.05) is 5.56 Å². The first-order valence-corrected chi connectivity index (χ1v) is 12.9. The average molecular weight is 583 g/mol. The number of Topliss-reactive ketones (excluding diaryl/α,β-unsaturated/α-hetero) is 1. The molecule has 0 spiro atoms. The van der Waals surface area contributed by atoms with Crippen molar-refractivity contribution in [3.05, 3.63) is 54.4 Å². The summed E-state index contributed by atoms with van der Waals surface area (Å²) in [4.78, 5) is 14.5. The second-order valence-corrected chi connectivity index (χ2v) is 9.44. The van der Waals surface area contributed by atoms with Crippen molar-refractivity contribution in [2.24, 2.45) is 0 Å². The summed E-state index contributed by atoms with van der Waals surface area (Å²) in [5.41, 5.74) is 8.84. The number of halogens is 5. The Labute approximate surface area is 229 Å². The van der Waals surface area contributed by atoms with Crippen LogP contribution in [0, 0.1) is 0 Å². The van der Waals surface area contributed by atoms with Gasteiger partial charge in [0.25, 0.3) is 5.78 Å². The highest BCUT2D eigenvalue weighted by molar-refractivity contribution is 6.55. The average Bonchev–Trinajstić information content (AvgIpc) is 2.86. The van der Waals surface area contributed by atoms with Gasteiger partial charge < -0.3 is 19.7 Å². The number of hydrogen-bond donors (Lipinski definition) is 0. The van der Waals surface area contributed by atoms with Gasteiger partial charge in [-0.05, 0) is 31.0 Å². The maximum atomic E-state index is 11.8. The number of nitrogens with zero attached hydrogens (tertiary/aromatic N) is 2. The smallest absolute Gasteiger partial charge is 0.328 e. The second kappa shape index (κ2) is 15.5. The number of hydrogen-bond acceptors (Lipinski definition) is 4. The van der Waals surface area contributed by atoms with Crippen LogP contribution in [0.25, 0.3) is 5.53 Å². The largest absolute Gasteiger partial charge is 0.493 e. The Balaban J connectivity index is 1.60. The summed E-state index contributed by atoms with van der Waals surface area (Å²) in [6.07, 6.45) is 7.89. The van der Waals surface area contributed by atoms with E-state index in [4.69, 9.17) is 77.7 Å². The zero-order valence-electron chi connectivity index (χ0n) is 19.1. The zero-order valence-corrected chi connectivity index (χ0v) is 22.9.